The zero-order valence-corrected chi connectivity index (χ0v) is 13.9. The van der Waals surface area contributed by atoms with E-state index in [1.54, 1.807) is 12.1 Å². The first-order valence-corrected chi connectivity index (χ1v) is 7.71. The maximum Gasteiger partial charge on any atom is 0.341 e. The van der Waals surface area contributed by atoms with Gasteiger partial charge in [-0.1, -0.05) is 31.2 Å². The van der Waals surface area contributed by atoms with Crippen LogP contribution in [0.15, 0.2) is 42.5 Å². The van der Waals surface area contributed by atoms with Gasteiger partial charge in [-0.2, -0.15) is 0 Å². The van der Waals surface area contributed by atoms with Crippen LogP contribution in [0.4, 0.5) is 11.4 Å². The fourth-order valence-corrected chi connectivity index (χ4v) is 2.25. The van der Waals surface area contributed by atoms with Crippen LogP contribution in [-0.4, -0.2) is 22.8 Å². The second-order valence-corrected chi connectivity index (χ2v) is 5.49. The summed E-state index contributed by atoms with van der Waals surface area (Å²) in [5.41, 5.74) is 6.80. The molecule has 130 valence electrons. The largest absolute Gasteiger partial charge is 0.451 e. The van der Waals surface area contributed by atoms with Crippen LogP contribution in [0.2, 0.25) is 0 Å². The van der Waals surface area contributed by atoms with Crippen LogP contribution >= 0.6 is 0 Å². The number of ketones is 1. The smallest absolute Gasteiger partial charge is 0.341 e. The van der Waals surface area contributed by atoms with Gasteiger partial charge in [-0.25, -0.2) is 4.79 Å². The van der Waals surface area contributed by atoms with E-state index in [1.807, 2.05) is 19.1 Å². The number of Topliss-reactive ketones (excluding diaryl/α,β-unsaturated/α-hetero) is 1. The number of nitrogens with two attached hydrogens (primary N) is 1. The number of nitro groups is 1. The van der Waals surface area contributed by atoms with E-state index in [0.29, 0.717) is 5.56 Å². The summed E-state index contributed by atoms with van der Waals surface area (Å²) >= 11 is 0. The number of nitrogen functional groups attached to an aromatic ring is 1. The fourth-order valence-electron chi connectivity index (χ4n) is 2.25. The van der Waals surface area contributed by atoms with E-state index < -0.39 is 17.0 Å². The Kier molecular flexibility index (Phi) is 5.49. The molecule has 0 aliphatic heterocycles. The van der Waals surface area contributed by atoms with Crippen LogP contribution in [0, 0.1) is 10.1 Å². The Morgan fingerprint density at radius 3 is 2.40 bits per heavy atom. The minimum absolute atomic E-state index is 0.0440. The van der Waals surface area contributed by atoms with Crippen LogP contribution in [0.3, 0.4) is 0 Å². The van der Waals surface area contributed by atoms with E-state index in [0.717, 1.165) is 18.1 Å². The predicted octanol–water partition coefficient (Wildman–Crippen LogP) is 3.17. The van der Waals surface area contributed by atoms with E-state index in [2.05, 4.69) is 0 Å². The van der Waals surface area contributed by atoms with Gasteiger partial charge in [-0.15, -0.1) is 0 Å². The van der Waals surface area contributed by atoms with Crippen molar-refractivity contribution in [2.75, 3.05) is 5.73 Å². The lowest BCUT2D eigenvalue weighted by molar-refractivity contribution is -0.384. The Morgan fingerprint density at radius 1 is 1.20 bits per heavy atom. The maximum atomic E-state index is 12.4. The first kappa shape index (κ1) is 18.1. The molecule has 0 heterocycles. The zero-order valence-electron chi connectivity index (χ0n) is 13.9. The van der Waals surface area contributed by atoms with Crippen molar-refractivity contribution in [1.82, 2.24) is 0 Å². The average molecular weight is 342 g/mol. The van der Waals surface area contributed by atoms with Crippen molar-refractivity contribution in [3.05, 3.63) is 69.3 Å². The Bertz CT molecular complexity index is 815. The van der Waals surface area contributed by atoms with Gasteiger partial charge in [-0.05, 0) is 25.0 Å². The quantitative estimate of drug-likeness (QED) is 0.284. The van der Waals surface area contributed by atoms with Gasteiger partial charge in [0.1, 0.15) is 0 Å². The molecule has 2 N–H and O–H groups in total. The van der Waals surface area contributed by atoms with E-state index in [4.69, 9.17) is 10.5 Å². The van der Waals surface area contributed by atoms with Crippen molar-refractivity contribution in [3.63, 3.8) is 0 Å². The molecular formula is C18H18N2O5. The van der Waals surface area contributed by atoms with Gasteiger partial charge in [0.2, 0.25) is 5.78 Å². The molecule has 0 aromatic heterocycles. The molecule has 0 amide bonds. The Morgan fingerprint density at radius 2 is 1.84 bits per heavy atom. The highest BCUT2D eigenvalue weighted by Crippen LogP contribution is 2.21. The lowest BCUT2D eigenvalue weighted by atomic mass is 10.0. The summed E-state index contributed by atoms with van der Waals surface area (Å²) in [5, 5.41) is 10.8. The standard InChI is InChI=1S/C18H18N2O5/c1-3-12-4-6-13(7-5-12)17(21)11(2)25-18(22)15-10-14(20(23)24)8-9-16(15)19/h4-11H,3,19H2,1-2H3/t11-/m0/s1. The first-order valence-electron chi connectivity index (χ1n) is 7.71. The number of carbonyl (C=O) groups excluding carboxylic acids is 2. The number of hydrogen-bond donors (Lipinski definition) is 1. The van der Waals surface area contributed by atoms with Gasteiger partial charge in [-0.3, -0.25) is 14.9 Å². The predicted molar refractivity (Wildman–Crippen MR) is 92.5 cm³/mol. The van der Waals surface area contributed by atoms with Crippen LogP contribution < -0.4 is 5.73 Å². The Balaban J connectivity index is 2.15. The lowest BCUT2D eigenvalue weighted by Gasteiger charge is -2.13. The van der Waals surface area contributed by atoms with Gasteiger partial charge in [0.05, 0.1) is 10.5 Å². The molecule has 0 fully saturated rings. The number of esters is 1. The van der Waals surface area contributed by atoms with Gasteiger partial charge in [0.15, 0.2) is 6.10 Å². The minimum Gasteiger partial charge on any atom is -0.451 e. The van der Waals surface area contributed by atoms with E-state index in [9.17, 15) is 19.7 Å². The van der Waals surface area contributed by atoms with Gasteiger partial charge in [0.25, 0.3) is 5.69 Å². The molecule has 1 atom stereocenters. The molecule has 2 aromatic rings. The highest BCUT2D eigenvalue weighted by atomic mass is 16.6. The number of nitro benzene ring substituents is 1. The number of carbonyl (C=O) groups is 2. The molecule has 0 aliphatic carbocycles. The number of aryl methyl sites for hydroxylation is 1. The van der Waals surface area contributed by atoms with Crippen molar-refractivity contribution in [2.45, 2.75) is 26.4 Å². The molecule has 7 nitrogen and oxygen atoms in total. The summed E-state index contributed by atoms with van der Waals surface area (Å²) in [6, 6.07) is 10.5. The molecule has 0 saturated heterocycles. The van der Waals surface area contributed by atoms with Crippen molar-refractivity contribution >= 4 is 23.1 Å². The number of nitrogens with zero attached hydrogens (tertiary/aromatic N) is 1. The van der Waals surface area contributed by atoms with Crippen molar-refractivity contribution in [1.29, 1.82) is 0 Å². The topological polar surface area (TPSA) is 113 Å². The summed E-state index contributed by atoms with van der Waals surface area (Å²) < 4.78 is 5.13. The second kappa shape index (κ2) is 7.57. The normalized spacial score (nSPS) is 11.6. The monoisotopic (exact) mass is 342 g/mol. The SMILES string of the molecule is CCc1ccc(C(=O)[C@H](C)OC(=O)c2cc([N+](=O)[O-])ccc2N)cc1. The second-order valence-electron chi connectivity index (χ2n) is 5.49. The van der Waals surface area contributed by atoms with Crippen LogP contribution in [0.5, 0.6) is 0 Å². The third kappa shape index (κ3) is 4.20. The third-order valence-electron chi connectivity index (χ3n) is 3.77. The summed E-state index contributed by atoms with van der Waals surface area (Å²) in [6.45, 7) is 3.45. The Labute approximate surface area is 144 Å². The lowest BCUT2D eigenvalue weighted by Crippen LogP contribution is -2.25. The number of anilines is 1. The van der Waals surface area contributed by atoms with E-state index in [-0.39, 0.29) is 22.7 Å². The third-order valence-corrected chi connectivity index (χ3v) is 3.77. The highest BCUT2D eigenvalue weighted by molar-refractivity contribution is 6.02. The van der Waals surface area contributed by atoms with E-state index in [1.165, 1.54) is 19.1 Å². The summed E-state index contributed by atoms with van der Waals surface area (Å²) in [4.78, 5) is 34.7. The molecule has 25 heavy (non-hydrogen) atoms. The molecule has 0 aliphatic rings. The van der Waals surface area contributed by atoms with Gasteiger partial charge < -0.3 is 10.5 Å². The average Bonchev–Trinajstić information content (AvgIpc) is 2.61. The molecule has 0 bridgehead atoms. The molecule has 0 spiro atoms. The molecule has 0 radical (unpaired) electrons. The van der Waals surface area contributed by atoms with Gasteiger partial charge in [0, 0.05) is 23.4 Å². The molecule has 0 saturated carbocycles. The van der Waals surface area contributed by atoms with Gasteiger partial charge >= 0.3 is 5.97 Å². The summed E-state index contributed by atoms with van der Waals surface area (Å²) in [7, 11) is 0. The molecule has 7 heteroatoms. The summed E-state index contributed by atoms with van der Waals surface area (Å²) in [5.74, 6) is -1.24. The number of rotatable bonds is 6. The minimum atomic E-state index is -1.04. The number of hydrogen-bond acceptors (Lipinski definition) is 6. The molecule has 2 rings (SSSR count). The number of benzene rings is 2. The van der Waals surface area contributed by atoms with Crippen molar-refractivity contribution in [2.24, 2.45) is 0 Å². The van der Waals surface area contributed by atoms with Crippen molar-refractivity contribution in [3.8, 4) is 0 Å². The number of ether oxygens (including phenoxy) is 1. The van der Waals surface area contributed by atoms with Crippen molar-refractivity contribution < 1.29 is 19.2 Å². The van der Waals surface area contributed by atoms with E-state index >= 15 is 0 Å². The fraction of sp³-hybridized carbons (Fsp3) is 0.222. The molecule has 2 aromatic carbocycles. The zero-order chi connectivity index (χ0) is 18.6. The first-order chi connectivity index (χ1) is 11.8. The maximum absolute atomic E-state index is 12.4. The summed E-state index contributed by atoms with van der Waals surface area (Å²) in [6.07, 6.45) is -0.191. The number of non-ortho nitro benzene ring substituents is 1. The van der Waals surface area contributed by atoms with Crippen LogP contribution in [0.1, 0.15) is 40.1 Å². The highest BCUT2D eigenvalue weighted by Gasteiger charge is 2.23. The van der Waals surface area contributed by atoms with Crippen LogP contribution in [-0.2, 0) is 11.2 Å². The Hall–Kier alpha value is -3.22. The van der Waals surface area contributed by atoms with Crippen LogP contribution in [0.25, 0.3) is 0 Å². The molecular weight excluding hydrogens is 324 g/mol. The molecule has 0 unspecified atom stereocenters.